The van der Waals surface area contributed by atoms with Crippen molar-refractivity contribution in [2.75, 3.05) is 26.9 Å². The van der Waals surface area contributed by atoms with Crippen molar-refractivity contribution in [3.63, 3.8) is 0 Å². The van der Waals surface area contributed by atoms with Gasteiger partial charge in [-0.1, -0.05) is 24.2 Å². The number of nitrogens with one attached hydrogen (secondary N) is 1. The summed E-state index contributed by atoms with van der Waals surface area (Å²) in [6.45, 7) is 4.23. The summed E-state index contributed by atoms with van der Waals surface area (Å²) >= 11 is 0. The standard InChI is InChI=1S/C15H19N3O3/c1-3-16-12-9-20-8-11(12)15-17-14(18-21-15)10-6-4-5-7-13(10)19-2/h4-7,11-12,16H,3,8-9H2,1-2H3. The van der Waals surface area contributed by atoms with E-state index in [0.717, 1.165) is 17.9 Å². The summed E-state index contributed by atoms with van der Waals surface area (Å²) in [6.07, 6.45) is 0. The molecule has 2 atom stereocenters. The van der Waals surface area contributed by atoms with Crippen LogP contribution in [0.2, 0.25) is 0 Å². The fourth-order valence-electron chi connectivity index (χ4n) is 2.59. The first-order valence-corrected chi connectivity index (χ1v) is 7.11. The van der Waals surface area contributed by atoms with Crippen molar-refractivity contribution >= 4 is 0 Å². The average Bonchev–Trinajstić information content (AvgIpc) is 3.16. The summed E-state index contributed by atoms with van der Waals surface area (Å²) in [7, 11) is 1.63. The summed E-state index contributed by atoms with van der Waals surface area (Å²) in [4.78, 5) is 4.53. The topological polar surface area (TPSA) is 69.4 Å². The Kier molecular flexibility index (Phi) is 4.17. The quantitative estimate of drug-likeness (QED) is 0.905. The molecule has 6 heteroatoms. The molecule has 1 saturated heterocycles. The van der Waals surface area contributed by atoms with Crippen LogP contribution in [0.1, 0.15) is 18.7 Å². The maximum Gasteiger partial charge on any atom is 0.234 e. The Hall–Kier alpha value is -1.92. The van der Waals surface area contributed by atoms with E-state index >= 15 is 0 Å². The molecule has 2 unspecified atom stereocenters. The molecule has 0 aliphatic carbocycles. The number of rotatable bonds is 5. The van der Waals surface area contributed by atoms with Gasteiger partial charge >= 0.3 is 0 Å². The lowest BCUT2D eigenvalue weighted by Gasteiger charge is -2.13. The molecule has 1 aromatic carbocycles. The molecule has 0 spiro atoms. The highest BCUT2D eigenvalue weighted by Gasteiger charge is 2.33. The smallest absolute Gasteiger partial charge is 0.234 e. The maximum atomic E-state index is 5.52. The van der Waals surface area contributed by atoms with Gasteiger partial charge in [0.25, 0.3) is 0 Å². The Morgan fingerprint density at radius 2 is 2.19 bits per heavy atom. The van der Waals surface area contributed by atoms with Gasteiger partial charge in [0, 0.05) is 6.04 Å². The molecular weight excluding hydrogens is 270 g/mol. The van der Waals surface area contributed by atoms with Crippen LogP contribution in [0.3, 0.4) is 0 Å². The van der Waals surface area contributed by atoms with Crippen molar-refractivity contribution in [3.8, 4) is 17.1 Å². The largest absolute Gasteiger partial charge is 0.496 e. The van der Waals surface area contributed by atoms with Gasteiger partial charge in [-0.15, -0.1) is 0 Å². The van der Waals surface area contributed by atoms with Gasteiger partial charge in [0.1, 0.15) is 5.75 Å². The number of methoxy groups -OCH3 is 1. The van der Waals surface area contributed by atoms with Gasteiger partial charge in [-0.25, -0.2) is 0 Å². The molecule has 1 aliphatic rings. The SMILES string of the molecule is CCNC1COCC1c1nc(-c2ccccc2OC)no1. The summed E-state index contributed by atoms with van der Waals surface area (Å²) in [5, 5.41) is 7.47. The van der Waals surface area contributed by atoms with Crippen LogP contribution in [0.25, 0.3) is 11.4 Å². The molecule has 0 radical (unpaired) electrons. The first-order valence-electron chi connectivity index (χ1n) is 7.11. The molecule has 112 valence electrons. The third kappa shape index (κ3) is 2.77. The first kappa shape index (κ1) is 14.0. The molecule has 21 heavy (non-hydrogen) atoms. The second-order valence-electron chi connectivity index (χ2n) is 4.96. The minimum Gasteiger partial charge on any atom is -0.496 e. The van der Waals surface area contributed by atoms with E-state index in [1.165, 1.54) is 0 Å². The van der Waals surface area contributed by atoms with E-state index in [9.17, 15) is 0 Å². The number of hydrogen-bond acceptors (Lipinski definition) is 6. The fraction of sp³-hybridized carbons (Fsp3) is 0.467. The zero-order valence-corrected chi connectivity index (χ0v) is 12.2. The van der Waals surface area contributed by atoms with E-state index in [-0.39, 0.29) is 12.0 Å². The molecule has 6 nitrogen and oxygen atoms in total. The van der Waals surface area contributed by atoms with Crippen molar-refractivity contribution in [2.45, 2.75) is 18.9 Å². The normalized spacial score (nSPS) is 21.6. The van der Waals surface area contributed by atoms with E-state index in [0.29, 0.717) is 24.9 Å². The zero-order valence-electron chi connectivity index (χ0n) is 12.2. The second-order valence-corrected chi connectivity index (χ2v) is 4.96. The molecule has 3 rings (SSSR count). The summed E-state index contributed by atoms with van der Waals surface area (Å²) < 4.78 is 16.3. The molecule has 2 aromatic rings. The number of likely N-dealkylation sites (N-methyl/N-ethyl adjacent to an activating group) is 1. The molecule has 0 saturated carbocycles. The highest BCUT2D eigenvalue weighted by Crippen LogP contribution is 2.30. The van der Waals surface area contributed by atoms with Crippen molar-refractivity contribution in [2.24, 2.45) is 0 Å². The molecule has 0 amide bonds. The third-order valence-electron chi connectivity index (χ3n) is 3.65. The van der Waals surface area contributed by atoms with E-state index < -0.39 is 0 Å². The van der Waals surface area contributed by atoms with Crippen molar-refractivity contribution in [1.29, 1.82) is 0 Å². The van der Waals surface area contributed by atoms with Crippen LogP contribution in [0.5, 0.6) is 5.75 Å². The van der Waals surface area contributed by atoms with E-state index in [2.05, 4.69) is 22.4 Å². The minimum absolute atomic E-state index is 0.0981. The number of hydrogen-bond donors (Lipinski definition) is 1. The lowest BCUT2D eigenvalue weighted by Crippen LogP contribution is -2.34. The molecule has 1 aliphatic heterocycles. The van der Waals surface area contributed by atoms with Crippen LogP contribution in [0, 0.1) is 0 Å². The van der Waals surface area contributed by atoms with Crippen molar-refractivity contribution in [3.05, 3.63) is 30.2 Å². The Bertz CT molecular complexity index is 599. The molecule has 2 heterocycles. The van der Waals surface area contributed by atoms with Gasteiger partial charge < -0.3 is 19.3 Å². The molecule has 1 N–H and O–H groups in total. The van der Waals surface area contributed by atoms with Gasteiger partial charge in [0.05, 0.1) is 31.8 Å². The number of nitrogens with zero attached hydrogens (tertiary/aromatic N) is 2. The minimum atomic E-state index is 0.0981. The van der Waals surface area contributed by atoms with Gasteiger partial charge in [-0.3, -0.25) is 0 Å². The molecular formula is C15H19N3O3. The Balaban J connectivity index is 1.86. The van der Waals surface area contributed by atoms with Crippen molar-refractivity contribution in [1.82, 2.24) is 15.5 Å². The zero-order chi connectivity index (χ0) is 14.7. The average molecular weight is 289 g/mol. The maximum absolute atomic E-state index is 5.52. The van der Waals surface area contributed by atoms with E-state index in [1.54, 1.807) is 7.11 Å². The predicted octanol–water partition coefficient (Wildman–Crippen LogP) is 1.84. The number of ether oxygens (including phenoxy) is 2. The predicted molar refractivity (Wildman–Crippen MR) is 77.3 cm³/mol. The number of aromatic nitrogens is 2. The van der Waals surface area contributed by atoms with Crippen molar-refractivity contribution < 1.29 is 14.0 Å². The summed E-state index contributed by atoms with van der Waals surface area (Å²) in [5.41, 5.74) is 0.828. The number of para-hydroxylation sites is 1. The molecule has 0 bridgehead atoms. The summed E-state index contributed by atoms with van der Waals surface area (Å²) in [5.74, 6) is 1.99. The van der Waals surface area contributed by atoms with Crippen LogP contribution in [-0.4, -0.2) is 43.1 Å². The second kappa shape index (κ2) is 6.24. The fourth-order valence-corrected chi connectivity index (χ4v) is 2.59. The lowest BCUT2D eigenvalue weighted by molar-refractivity contribution is 0.185. The van der Waals surface area contributed by atoms with Crippen LogP contribution in [-0.2, 0) is 4.74 Å². The van der Waals surface area contributed by atoms with Crippen LogP contribution in [0.15, 0.2) is 28.8 Å². The van der Waals surface area contributed by atoms with Gasteiger partial charge in [-0.05, 0) is 18.7 Å². The molecule has 1 fully saturated rings. The number of benzene rings is 1. The van der Waals surface area contributed by atoms with Crippen LogP contribution in [0.4, 0.5) is 0 Å². The highest BCUT2D eigenvalue weighted by atomic mass is 16.5. The third-order valence-corrected chi connectivity index (χ3v) is 3.65. The highest BCUT2D eigenvalue weighted by molar-refractivity contribution is 5.63. The van der Waals surface area contributed by atoms with Crippen LogP contribution >= 0.6 is 0 Å². The van der Waals surface area contributed by atoms with E-state index in [4.69, 9.17) is 14.0 Å². The molecule has 1 aromatic heterocycles. The van der Waals surface area contributed by atoms with Crippen LogP contribution < -0.4 is 10.1 Å². The van der Waals surface area contributed by atoms with Gasteiger partial charge in [-0.2, -0.15) is 4.98 Å². The van der Waals surface area contributed by atoms with Gasteiger partial charge in [0.15, 0.2) is 0 Å². The van der Waals surface area contributed by atoms with E-state index in [1.807, 2.05) is 24.3 Å². The summed E-state index contributed by atoms with van der Waals surface area (Å²) in [6, 6.07) is 7.86. The van der Waals surface area contributed by atoms with Gasteiger partial charge in [0.2, 0.25) is 11.7 Å². The Labute approximate surface area is 123 Å². The Morgan fingerprint density at radius 1 is 1.33 bits per heavy atom. The lowest BCUT2D eigenvalue weighted by atomic mass is 10.0. The first-order chi connectivity index (χ1) is 10.3. The monoisotopic (exact) mass is 289 g/mol. The Morgan fingerprint density at radius 3 is 3.00 bits per heavy atom.